The first-order valence-electron chi connectivity index (χ1n) is 6.96. The minimum absolute atomic E-state index is 0.0140. The summed E-state index contributed by atoms with van der Waals surface area (Å²) in [4.78, 5) is -0.244. The van der Waals surface area contributed by atoms with Gasteiger partial charge in [0.15, 0.2) is 0 Å². The third-order valence-electron chi connectivity index (χ3n) is 4.00. The minimum Gasteiger partial charge on any atom is -0.282 e. The number of benzene rings is 4. The summed E-state index contributed by atoms with van der Waals surface area (Å²) in [7, 11) is -4.40. The van der Waals surface area contributed by atoms with Crippen molar-refractivity contribution in [1.29, 1.82) is 0 Å². The monoisotopic (exact) mass is 342 g/mol. The Labute approximate surface area is 137 Å². The molecule has 0 fully saturated rings. The van der Waals surface area contributed by atoms with Crippen LogP contribution in [0.1, 0.15) is 0 Å². The maximum atomic E-state index is 11.7. The van der Waals surface area contributed by atoms with Crippen molar-refractivity contribution in [2.24, 2.45) is 0 Å². The van der Waals surface area contributed by atoms with Crippen molar-refractivity contribution in [3.05, 3.63) is 65.7 Å². The van der Waals surface area contributed by atoms with Crippen molar-refractivity contribution in [2.45, 2.75) is 4.90 Å². The second-order valence-corrected chi connectivity index (χ2v) is 7.24. The molecule has 0 aromatic heterocycles. The van der Waals surface area contributed by atoms with E-state index in [2.05, 4.69) is 6.07 Å². The van der Waals surface area contributed by atoms with Crippen LogP contribution < -0.4 is 0 Å². The van der Waals surface area contributed by atoms with Crippen LogP contribution in [0.15, 0.2) is 65.6 Å². The standard InChI is InChI=1S/C18H11ClO3S/c19-17-6-5-13-9-14-7-11-3-1-2-4-12(11)8-15(14)10-16(13)18(17)23(20,21)22/h1-10H,(H,20,21,22). The van der Waals surface area contributed by atoms with Crippen LogP contribution in [0, 0.1) is 0 Å². The van der Waals surface area contributed by atoms with E-state index in [1.165, 1.54) is 6.07 Å². The first-order valence-corrected chi connectivity index (χ1v) is 8.77. The highest BCUT2D eigenvalue weighted by Crippen LogP contribution is 2.34. The van der Waals surface area contributed by atoms with E-state index in [4.69, 9.17) is 11.6 Å². The molecule has 0 saturated carbocycles. The van der Waals surface area contributed by atoms with Crippen LogP contribution in [0.3, 0.4) is 0 Å². The summed E-state index contributed by atoms with van der Waals surface area (Å²) in [5.41, 5.74) is 0. The minimum atomic E-state index is -4.40. The highest BCUT2D eigenvalue weighted by atomic mass is 35.5. The highest BCUT2D eigenvalue weighted by Gasteiger charge is 2.19. The van der Waals surface area contributed by atoms with Crippen molar-refractivity contribution >= 4 is 54.0 Å². The summed E-state index contributed by atoms with van der Waals surface area (Å²) < 4.78 is 32.9. The molecular weight excluding hydrogens is 332 g/mol. The van der Waals surface area contributed by atoms with E-state index < -0.39 is 10.1 Å². The zero-order valence-corrected chi connectivity index (χ0v) is 13.4. The SMILES string of the molecule is O=S(=O)(O)c1c(Cl)ccc2cc3cc4ccccc4cc3cc12. The Morgan fingerprint density at radius 2 is 1.30 bits per heavy atom. The second kappa shape index (κ2) is 4.93. The second-order valence-electron chi connectivity index (χ2n) is 5.47. The molecule has 0 heterocycles. The highest BCUT2D eigenvalue weighted by molar-refractivity contribution is 7.86. The average Bonchev–Trinajstić information content (AvgIpc) is 2.49. The lowest BCUT2D eigenvalue weighted by Gasteiger charge is -2.09. The zero-order valence-electron chi connectivity index (χ0n) is 11.8. The molecule has 0 atom stereocenters. The fourth-order valence-electron chi connectivity index (χ4n) is 2.97. The molecule has 0 spiro atoms. The van der Waals surface area contributed by atoms with Crippen molar-refractivity contribution in [2.75, 3.05) is 0 Å². The third kappa shape index (κ3) is 2.36. The fraction of sp³-hybridized carbons (Fsp3) is 0. The van der Waals surface area contributed by atoms with E-state index >= 15 is 0 Å². The van der Waals surface area contributed by atoms with Crippen molar-refractivity contribution in [3.63, 3.8) is 0 Å². The van der Waals surface area contributed by atoms with Crippen LogP contribution >= 0.6 is 11.6 Å². The normalized spacial score (nSPS) is 12.3. The van der Waals surface area contributed by atoms with Gasteiger partial charge in [-0.15, -0.1) is 0 Å². The summed E-state index contributed by atoms with van der Waals surface area (Å²) in [6.07, 6.45) is 0. The maximum Gasteiger partial charge on any atom is 0.296 e. The average molecular weight is 343 g/mol. The largest absolute Gasteiger partial charge is 0.296 e. The molecule has 0 radical (unpaired) electrons. The van der Waals surface area contributed by atoms with E-state index in [-0.39, 0.29) is 9.92 Å². The van der Waals surface area contributed by atoms with Gasteiger partial charge in [-0.2, -0.15) is 8.42 Å². The summed E-state index contributed by atoms with van der Waals surface area (Å²) >= 11 is 5.99. The molecule has 114 valence electrons. The Kier molecular flexibility index (Phi) is 3.10. The number of fused-ring (bicyclic) bond motifs is 3. The first kappa shape index (κ1) is 14.5. The van der Waals surface area contributed by atoms with Crippen molar-refractivity contribution in [1.82, 2.24) is 0 Å². The van der Waals surface area contributed by atoms with E-state index in [9.17, 15) is 13.0 Å². The van der Waals surface area contributed by atoms with Gasteiger partial charge in [0.1, 0.15) is 4.90 Å². The summed E-state index contributed by atoms with van der Waals surface area (Å²) in [5.74, 6) is 0. The van der Waals surface area contributed by atoms with Crippen LogP contribution in [-0.2, 0) is 10.1 Å². The van der Waals surface area contributed by atoms with E-state index in [0.717, 1.165) is 21.5 Å². The maximum absolute atomic E-state index is 11.7. The lowest BCUT2D eigenvalue weighted by Crippen LogP contribution is -2.00. The predicted molar refractivity (Wildman–Crippen MR) is 93.8 cm³/mol. The lowest BCUT2D eigenvalue weighted by atomic mass is 10.00. The molecule has 5 heteroatoms. The zero-order chi connectivity index (χ0) is 16.2. The molecule has 0 amide bonds. The molecule has 0 aliphatic heterocycles. The first-order chi connectivity index (χ1) is 10.9. The summed E-state index contributed by atoms with van der Waals surface area (Å²) in [6, 6.07) is 18.9. The summed E-state index contributed by atoms with van der Waals surface area (Å²) in [5, 5.41) is 5.22. The van der Waals surface area contributed by atoms with Gasteiger partial charge in [-0.3, -0.25) is 4.55 Å². The number of halogens is 1. The van der Waals surface area contributed by atoms with Crippen molar-refractivity contribution in [3.8, 4) is 0 Å². The Balaban J connectivity index is 2.19. The van der Waals surface area contributed by atoms with Crippen LogP contribution in [0.25, 0.3) is 32.3 Å². The quantitative estimate of drug-likeness (QED) is 0.389. The number of hydrogen-bond acceptors (Lipinski definition) is 2. The number of rotatable bonds is 1. The van der Waals surface area contributed by atoms with E-state index in [1.807, 2.05) is 36.4 Å². The molecule has 0 aliphatic rings. The van der Waals surface area contributed by atoms with Gasteiger partial charge in [0.2, 0.25) is 0 Å². The van der Waals surface area contributed by atoms with Crippen LogP contribution in [0.2, 0.25) is 5.02 Å². The number of hydrogen-bond donors (Lipinski definition) is 1. The topological polar surface area (TPSA) is 54.4 Å². The molecule has 23 heavy (non-hydrogen) atoms. The van der Waals surface area contributed by atoms with E-state index in [0.29, 0.717) is 10.8 Å². The van der Waals surface area contributed by atoms with Crippen LogP contribution in [-0.4, -0.2) is 13.0 Å². The smallest absolute Gasteiger partial charge is 0.282 e. The Morgan fingerprint density at radius 3 is 1.91 bits per heavy atom. The molecule has 1 N–H and O–H groups in total. The molecule has 4 aromatic carbocycles. The van der Waals surface area contributed by atoms with Gasteiger partial charge < -0.3 is 0 Å². The van der Waals surface area contributed by atoms with Crippen LogP contribution in [0.5, 0.6) is 0 Å². The van der Waals surface area contributed by atoms with Gasteiger partial charge in [0, 0.05) is 5.39 Å². The lowest BCUT2D eigenvalue weighted by molar-refractivity contribution is 0.484. The molecular formula is C18H11ClO3S. The fourth-order valence-corrected chi connectivity index (χ4v) is 4.20. The molecule has 4 rings (SSSR count). The van der Waals surface area contributed by atoms with Gasteiger partial charge in [0.25, 0.3) is 10.1 Å². The van der Waals surface area contributed by atoms with Crippen LogP contribution in [0.4, 0.5) is 0 Å². The molecule has 3 nitrogen and oxygen atoms in total. The van der Waals surface area contributed by atoms with Gasteiger partial charge in [-0.1, -0.05) is 41.9 Å². The molecule has 4 aromatic rings. The molecule has 0 bridgehead atoms. The predicted octanol–water partition coefficient (Wildman–Crippen LogP) is 5.05. The van der Waals surface area contributed by atoms with Gasteiger partial charge in [-0.05, 0) is 57.3 Å². The summed E-state index contributed by atoms with van der Waals surface area (Å²) in [6.45, 7) is 0. The Bertz CT molecular complexity index is 1200. The molecule has 0 saturated heterocycles. The van der Waals surface area contributed by atoms with Gasteiger partial charge >= 0.3 is 0 Å². The van der Waals surface area contributed by atoms with E-state index in [1.54, 1.807) is 12.1 Å². The molecule has 0 aliphatic carbocycles. The van der Waals surface area contributed by atoms with Crippen molar-refractivity contribution < 1.29 is 13.0 Å². The third-order valence-corrected chi connectivity index (χ3v) is 5.38. The van der Waals surface area contributed by atoms with Gasteiger partial charge in [-0.25, -0.2) is 0 Å². The van der Waals surface area contributed by atoms with Gasteiger partial charge in [0.05, 0.1) is 5.02 Å². The Hall–Kier alpha value is -2.14. The Morgan fingerprint density at radius 1 is 0.739 bits per heavy atom. The molecule has 0 unspecified atom stereocenters.